The van der Waals surface area contributed by atoms with Crippen LogP contribution in [-0.4, -0.2) is 68.7 Å². The molecular formula is C37H46ClNO7. The summed E-state index contributed by atoms with van der Waals surface area (Å²) >= 11 is 6.21. The van der Waals surface area contributed by atoms with Crippen LogP contribution >= 0.6 is 11.6 Å². The molecule has 7 rings (SSSR count). The number of nitrogens with zero attached hydrogens (tertiary/aromatic N) is 1. The van der Waals surface area contributed by atoms with Crippen LogP contribution in [0.25, 0.3) is 0 Å². The van der Waals surface area contributed by atoms with Gasteiger partial charge in [-0.2, -0.15) is 0 Å². The molecule has 2 aromatic carbocycles. The Morgan fingerprint density at radius 3 is 2.39 bits per heavy atom. The summed E-state index contributed by atoms with van der Waals surface area (Å²) in [4.78, 5) is 40.2. The molecule has 3 saturated heterocycles. The first-order chi connectivity index (χ1) is 22.4. The Labute approximate surface area is 277 Å². The number of esters is 2. The molecule has 248 valence electrons. The first-order valence-electron chi connectivity index (χ1n) is 17.0. The average Bonchev–Trinajstić information content (AvgIpc) is 3.09. The molecule has 2 saturated carbocycles. The molecule has 2 bridgehead atoms. The lowest BCUT2D eigenvalue weighted by Gasteiger charge is -2.45. The van der Waals surface area contributed by atoms with Crippen molar-refractivity contribution in [1.29, 1.82) is 0 Å². The second-order valence-corrected chi connectivity index (χ2v) is 14.1. The van der Waals surface area contributed by atoms with Gasteiger partial charge in [0.2, 0.25) is 0 Å². The Kier molecular flexibility index (Phi) is 10.5. The second-order valence-electron chi connectivity index (χ2n) is 13.7. The summed E-state index contributed by atoms with van der Waals surface area (Å²) in [5.74, 6) is 1.12. The van der Waals surface area contributed by atoms with E-state index >= 15 is 0 Å². The van der Waals surface area contributed by atoms with Gasteiger partial charge < -0.3 is 18.9 Å². The number of carbonyl (C=O) groups excluding carboxylic acids is 3. The van der Waals surface area contributed by atoms with Crippen LogP contribution in [0.15, 0.2) is 36.4 Å². The highest BCUT2D eigenvalue weighted by Gasteiger charge is 2.46. The average molecular weight is 652 g/mol. The fourth-order valence-electron chi connectivity index (χ4n) is 8.13. The van der Waals surface area contributed by atoms with Gasteiger partial charge in [-0.05, 0) is 99.9 Å². The van der Waals surface area contributed by atoms with E-state index in [4.69, 9.17) is 30.5 Å². The number of rotatable bonds is 11. The molecule has 46 heavy (non-hydrogen) atoms. The predicted molar refractivity (Wildman–Crippen MR) is 175 cm³/mol. The number of hydrogen-bond donors (Lipinski definition) is 0. The quantitative estimate of drug-likeness (QED) is 0.195. The first kappa shape index (κ1) is 32.8. The van der Waals surface area contributed by atoms with Crippen molar-refractivity contribution in [2.45, 2.75) is 94.7 Å². The Bertz CT molecular complexity index is 1390. The van der Waals surface area contributed by atoms with Gasteiger partial charge in [0.15, 0.2) is 12.9 Å². The van der Waals surface area contributed by atoms with E-state index in [-0.39, 0.29) is 35.6 Å². The number of halogens is 1. The zero-order valence-corrected chi connectivity index (χ0v) is 27.6. The van der Waals surface area contributed by atoms with Crippen LogP contribution in [0, 0.1) is 11.8 Å². The maximum Gasteiger partial charge on any atom is 0.344 e. The summed E-state index contributed by atoms with van der Waals surface area (Å²) < 4.78 is 22.9. The molecule has 1 atom stereocenters. The van der Waals surface area contributed by atoms with Crippen molar-refractivity contribution in [3.05, 3.63) is 58.1 Å². The van der Waals surface area contributed by atoms with Crippen molar-refractivity contribution < 1.29 is 33.3 Å². The van der Waals surface area contributed by atoms with Gasteiger partial charge in [-0.15, -0.1) is 0 Å². The lowest BCUT2D eigenvalue weighted by molar-refractivity contribution is -0.167. The minimum absolute atomic E-state index is 0.00575. The SMILES string of the molecule is COc1cc(OCC(=O)OC2CCC(Cc3cccc(C4(C(=O)O[C@H]5CN6CCC5CC6)CCCCC4)c3)CC2)c(Cl)cc1C=O. The predicted octanol–water partition coefficient (Wildman–Crippen LogP) is 6.72. The van der Waals surface area contributed by atoms with Crippen molar-refractivity contribution >= 4 is 29.8 Å². The fourth-order valence-corrected chi connectivity index (χ4v) is 8.36. The molecule has 0 unspecified atom stereocenters. The molecule has 8 nitrogen and oxygen atoms in total. The lowest BCUT2D eigenvalue weighted by Crippen LogP contribution is -2.53. The molecule has 0 radical (unpaired) electrons. The lowest BCUT2D eigenvalue weighted by atomic mass is 9.68. The van der Waals surface area contributed by atoms with E-state index in [2.05, 4.69) is 29.2 Å². The van der Waals surface area contributed by atoms with Crippen LogP contribution < -0.4 is 9.47 Å². The molecule has 0 amide bonds. The van der Waals surface area contributed by atoms with Crippen LogP contribution in [0.5, 0.6) is 11.5 Å². The molecule has 2 aliphatic carbocycles. The molecule has 0 spiro atoms. The van der Waals surface area contributed by atoms with Gasteiger partial charge in [0.1, 0.15) is 23.7 Å². The van der Waals surface area contributed by atoms with Gasteiger partial charge in [-0.3, -0.25) is 14.5 Å². The highest BCUT2D eigenvalue weighted by atomic mass is 35.5. The van der Waals surface area contributed by atoms with Crippen molar-refractivity contribution in [3.8, 4) is 11.5 Å². The zero-order chi connectivity index (χ0) is 32.1. The standard InChI is InChI=1S/C37H46ClNO7/c1-43-32-21-33(31(38)20-28(32)23-40)44-24-35(41)45-30-10-8-25(9-11-30)18-26-6-5-7-29(19-26)37(14-3-2-4-15-37)36(42)46-34-22-39-16-12-27(34)13-17-39/h5-7,19-21,23,25,27,30,34H,2-4,8-18,22,24H2,1H3/t25?,30?,34-/m0/s1. The number of piperidine rings is 3. The van der Waals surface area contributed by atoms with Crippen molar-refractivity contribution in [1.82, 2.24) is 4.90 Å². The van der Waals surface area contributed by atoms with Crippen molar-refractivity contribution in [2.24, 2.45) is 11.8 Å². The third kappa shape index (κ3) is 7.38. The number of hydrogen-bond acceptors (Lipinski definition) is 8. The Hall–Kier alpha value is -3.10. The van der Waals surface area contributed by atoms with Gasteiger partial charge in [0, 0.05) is 12.6 Å². The van der Waals surface area contributed by atoms with Gasteiger partial charge >= 0.3 is 11.9 Å². The second kappa shape index (κ2) is 14.8. The highest BCUT2D eigenvalue weighted by molar-refractivity contribution is 6.32. The number of benzene rings is 2. The number of fused-ring (bicyclic) bond motifs is 3. The molecular weight excluding hydrogens is 606 g/mol. The number of ether oxygens (including phenoxy) is 4. The molecule has 0 aromatic heterocycles. The van der Waals surface area contributed by atoms with Gasteiger partial charge in [0.05, 0.1) is 23.1 Å². The van der Waals surface area contributed by atoms with Crippen molar-refractivity contribution in [3.63, 3.8) is 0 Å². The van der Waals surface area contributed by atoms with E-state index in [1.807, 2.05) is 0 Å². The molecule has 9 heteroatoms. The summed E-state index contributed by atoms with van der Waals surface area (Å²) in [6, 6.07) is 11.7. The molecule has 3 heterocycles. The summed E-state index contributed by atoms with van der Waals surface area (Å²) in [6.45, 7) is 2.88. The van der Waals surface area contributed by atoms with E-state index in [1.165, 1.54) is 31.2 Å². The maximum atomic E-state index is 14.0. The molecule has 5 aliphatic rings. The topological polar surface area (TPSA) is 91.4 Å². The fraction of sp³-hybridized carbons (Fsp3) is 0.595. The third-order valence-electron chi connectivity index (χ3n) is 10.8. The minimum atomic E-state index is -0.542. The Morgan fingerprint density at radius 1 is 0.957 bits per heavy atom. The zero-order valence-electron chi connectivity index (χ0n) is 26.8. The van der Waals surface area contributed by atoms with Crippen molar-refractivity contribution in [2.75, 3.05) is 33.4 Å². The maximum absolute atomic E-state index is 14.0. The molecule has 3 aliphatic heterocycles. The number of carbonyl (C=O) groups is 3. The van der Waals surface area contributed by atoms with Crippen LogP contribution in [0.2, 0.25) is 5.02 Å². The smallest absolute Gasteiger partial charge is 0.344 e. The van der Waals surface area contributed by atoms with E-state index in [1.54, 1.807) is 0 Å². The van der Waals surface area contributed by atoms with E-state index in [9.17, 15) is 14.4 Å². The molecule has 5 fully saturated rings. The Balaban J connectivity index is 1.01. The van der Waals surface area contributed by atoms with Gasteiger partial charge in [-0.1, -0.05) is 55.1 Å². The summed E-state index contributed by atoms with van der Waals surface area (Å²) in [5.41, 5.74) is 2.15. The van der Waals surface area contributed by atoms with Crippen LogP contribution in [0.4, 0.5) is 0 Å². The van der Waals surface area contributed by atoms with Crippen LogP contribution in [0.3, 0.4) is 0 Å². The van der Waals surface area contributed by atoms with Gasteiger partial charge in [-0.25, -0.2) is 4.79 Å². The monoisotopic (exact) mass is 651 g/mol. The molecule has 2 aromatic rings. The summed E-state index contributed by atoms with van der Waals surface area (Å²) in [5, 5.41) is 0.223. The largest absolute Gasteiger partial charge is 0.496 e. The minimum Gasteiger partial charge on any atom is -0.496 e. The number of methoxy groups -OCH3 is 1. The van der Waals surface area contributed by atoms with E-state index < -0.39 is 11.4 Å². The van der Waals surface area contributed by atoms with Crippen LogP contribution in [-0.2, 0) is 30.9 Å². The number of aldehydes is 1. The summed E-state index contributed by atoms with van der Waals surface area (Å²) in [6.07, 6.45) is 12.3. The van der Waals surface area contributed by atoms with Gasteiger partial charge in [0.25, 0.3) is 0 Å². The van der Waals surface area contributed by atoms with E-state index in [0.29, 0.717) is 29.4 Å². The third-order valence-corrected chi connectivity index (χ3v) is 11.1. The van der Waals surface area contributed by atoms with E-state index in [0.717, 1.165) is 95.8 Å². The highest BCUT2D eigenvalue weighted by Crippen LogP contribution is 2.43. The normalized spacial score (nSPS) is 27.0. The van der Waals surface area contributed by atoms with Crippen LogP contribution in [0.1, 0.15) is 92.1 Å². The first-order valence-corrected chi connectivity index (χ1v) is 17.4. The summed E-state index contributed by atoms with van der Waals surface area (Å²) in [7, 11) is 1.45. The molecule has 0 N–H and O–H groups in total. The Morgan fingerprint density at radius 2 is 1.72 bits per heavy atom.